The van der Waals surface area contributed by atoms with Crippen molar-refractivity contribution in [2.45, 2.75) is 25.7 Å². The number of likely N-dealkylation sites (N-methyl/N-ethyl adjacent to an activating group) is 1. The van der Waals surface area contributed by atoms with Gasteiger partial charge in [-0.1, -0.05) is 24.3 Å². The van der Waals surface area contributed by atoms with Gasteiger partial charge in [0.15, 0.2) is 0 Å². The zero-order valence-electron chi connectivity index (χ0n) is 10.6. The third-order valence-corrected chi connectivity index (χ3v) is 2.79. The summed E-state index contributed by atoms with van der Waals surface area (Å²) in [5.41, 5.74) is 8.34. The fourth-order valence-corrected chi connectivity index (χ4v) is 1.70. The van der Waals surface area contributed by atoms with Crippen LogP contribution in [0.2, 0.25) is 0 Å². The summed E-state index contributed by atoms with van der Waals surface area (Å²) in [4.78, 5) is 2.22. The Morgan fingerprint density at radius 2 is 1.50 bits per heavy atom. The van der Waals surface area contributed by atoms with E-state index in [1.165, 1.54) is 17.5 Å². The van der Waals surface area contributed by atoms with E-state index in [0.717, 1.165) is 32.4 Å². The zero-order valence-corrected chi connectivity index (χ0v) is 10.6. The molecule has 0 heterocycles. The van der Waals surface area contributed by atoms with Crippen molar-refractivity contribution in [3.63, 3.8) is 0 Å². The first-order chi connectivity index (χ1) is 7.72. The second kappa shape index (κ2) is 7.42. The Hall–Kier alpha value is -0.860. The van der Waals surface area contributed by atoms with Gasteiger partial charge >= 0.3 is 0 Å². The molecule has 0 amide bonds. The molecule has 16 heavy (non-hydrogen) atoms. The van der Waals surface area contributed by atoms with Crippen LogP contribution in [0, 0.1) is 0 Å². The molecule has 1 rings (SSSR count). The summed E-state index contributed by atoms with van der Waals surface area (Å²) in [6.07, 6.45) is 4.62. The average molecular weight is 220 g/mol. The van der Waals surface area contributed by atoms with Gasteiger partial charge in [-0.25, -0.2) is 0 Å². The highest BCUT2D eigenvalue weighted by Crippen LogP contribution is 2.08. The van der Waals surface area contributed by atoms with Crippen LogP contribution >= 0.6 is 0 Å². The molecule has 0 saturated carbocycles. The van der Waals surface area contributed by atoms with Gasteiger partial charge in [-0.05, 0) is 57.5 Å². The van der Waals surface area contributed by atoms with Gasteiger partial charge in [-0.2, -0.15) is 0 Å². The van der Waals surface area contributed by atoms with Crippen molar-refractivity contribution < 1.29 is 0 Å². The molecule has 90 valence electrons. The van der Waals surface area contributed by atoms with Crippen molar-refractivity contribution in [3.05, 3.63) is 35.4 Å². The minimum atomic E-state index is 0.806. The summed E-state index contributed by atoms with van der Waals surface area (Å²) in [6, 6.07) is 9.01. The second-order valence-corrected chi connectivity index (χ2v) is 4.62. The minimum absolute atomic E-state index is 0.806. The Balaban J connectivity index is 2.35. The molecule has 0 atom stereocenters. The normalized spacial score (nSPS) is 11.0. The maximum atomic E-state index is 5.48. The monoisotopic (exact) mass is 220 g/mol. The predicted octanol–water partition coefficient (Wildman–Crippen LogP) is 2.07. The molecule has 0 fully saturated rings. The Morgan fingerprint density at radius 1 is 0.938 bits per heavy atom. The third-order valence-electron chi connectivity index (χ3n) is 2.79. The number of unbranched alkanes of at least 4 members (excludes halogenated alkanes) is 1. The largest absolute Gasteiger partial charge is 0.330 e. The van der Waals surface area contributed by atoms with Crippen LogP contribution in [0.25, 0.3) is 0 Å². The lowest BCUT2D eigenvalue weighted by molar-refractivity contribution is 0.413. The Bertz CT molecular complexity index is 277. The maximum Gasteiger partial charge on any atom is 0.00157 e. The topological polar surface area (TPSA) is 29.3 Å². The van der Waals surface area contributed by atoms with Crippen molar-refractivity contribution in [1.29, 1.82) is 0 Å². The van der Waals surface area contributed by atoms with E-state index in [9.17, 15) is 0 Å². The predicted molar refractivity (Wildman–Crippen MR) is 70.7 cm³/mol. The van der Waals surface area contributed by atoms with Gasteiger partial charge in [0.25, 0.3) is 0 Å². The fourth-order valence-electron chi connectivity index (χ4n) is 1.70. The number of rotatable bonds is 7. The maximum absolute atomic E-state index is 5.48. The molecule has 2 N–H and O–H groups in total. The smallest absolute Gasteiger partial charge is 0.00157 e. The van der Waals surface area contributed by atoms with E-state index in [-0.39, 0.29) is 0 Å². The highest BCUT2D eigenvalue weighted by atomic mass is 15.0. The molecule has 1 aromatic carbocycles. The van der Waals surface area contributed by atoms with Crippen molar-refractivity contribution in [2.24, 2.45) is 5.73 Å². The van der Waals surface area contributed by atoms with E-state index in [1.807, 2.05) is 0 Å². The SMILES string of the molecule is CN(C)CCc1ccc(CCCCN)cc1. The van der Waals surface area contributed by atoms with Crippen LogP contribution < -0.4 is 5.73 Å². The number of nitrogens with two attached hydrogens (primary N) is 1. The van der Waals surface area contributed by atoms with E-state index in [0.29, 0.717) is 0 Å². The molecule has 0 aromatic heterocycles. The molecule has 0 bridgehead atoms. The summed E-state index contributed by atoms with van der Waals surface area (Å²) < 4.78 is 0. The van der Waals surface area contributed by atoms with Crippen LogP contribution in [0.5, 0.6) is 0 Å². The number of aryl methyl sites for hydroxylation is 1. The van der Waals surface area contributed by atoms with Gasteiger partial charge in [-0.15, -0.1) is 0 Å². The van der Waals surface area contributed by atoms with Crippen molar-refractivity contribution in [1.82, 2.24) is 4.90 Å². The van der Waals surface area contributed by atoms with Crippen LogP contribution in [0.4, 0.5) is 0 Å². The summed E-state index contributed by atoms with van der Waals surface area (Å²) in [7, 11) is 4.22. The van der Waals surface area contributed by atoms with Crippen LogP contribution in [0.1, 0.15) is 24.0 Å². The fraction of sp³-hybridized carbons (Fsp3) is 0.571. The molecule has 0 radical (unpaired) electrons. The molecule has 2 nitrogen and oxygen atoms in total. The van der Waals surface area contributed by atoms with E-state index < -0.39 is 0 Å². The highest BCUT2D eigenvalue weighted by molar-refractivity contribution is 5.22. The number of nitrogens with zero attached hydrogens (tertiary/aromatic N) is 1. The summed E-state index contributed by atoms with van der Waals surface area (Å²) in [6.45, 7) is 1.92. The summed E-state index contributed by atoms with van der Waals surface area (Å²) in [5, 5.41) is 0. The van der Waals surface area contributed by atoms with Gasteiger partial charge in [0.1, 0.15) is 0 Å². The van der Waals surface area contributed by atoms with E-state index >= 15 is 0 Å². The Labute approximate surface area is 99.5 Å². The van der Waals surface area contributed by atoms with Gasteiger partial charge in [0, 0.05) is 6.54 Å². The second-order valence-electron chi connectivity index (χ2n) is 4.62. The van der Waals surface area contributed by atoms with Gasteiger partial charge < -0.3 is 10.6 Å². The standard InChI is InChI=1S/C14H24N2/c1-16(2)12-10-14-8-6-13(7-9-14)5-3-4-11-15/h6-9H,3-5,10-12,15H2,1-2H3. The zero-order chi connectivity index (χ0) is 11.8. The molecule has 0 spiro atoms. The first kappa shape index (κ1) is 13.2. The minimum Gasteiger partial charge on any atom is -0.330 e. The van der Waals surface area contributed by atoms with Gasteiger partial charge in [-0.3, -0.25) is 0 Å². The molecule has 0 saturated heterocycles. The first-order valence-corrected chi connectivity index (χ1v) is 6.15. The van der Waals surface area contributed by atoms with Crippen LogP contribution in [-0.2, 0) is 12.8 Å². The third kappa shape index (κ3) is 5.29. The van der Waals surface area contributed by atoms with Crippen LogP contribution in [-0.4, -0.2) is 32.1 Å². The molecule has 0 aliphatic carbocycles. The lowest BCUT2D eigenvalue weighted by atomic mass is 10.0. The molecule has 1 aromatic rings. The Kier molecular flexibility index (Phi) is 6.12. The molecule has 0 aliphatic rings. The molecule has 2 heteroatoms. The van der Waals surface area contributed by atoms with Crippen molar-refractivity contribution in [3.8, 4) is 0 Å². The van der Waals surface area contributed by atoms with Crippen molar-refractivity contribution >= 4 is 0 Å². The summed E-state index contributed by atoms with van der Waals surface area (Å²) in [5.74, 6) is 0. The van der Waals surface area contributed by atoms with E-state index in [1.54, 1.807) is 0 Å². The van der Waals surface area contributed by atoms with Gasteiger partial charge in [0.05, 0.1) is 0 Å². The highest BCUT2D eigenvalue weighted by Gasteiger charge is 1.96. The van der Waals surface area contributed by atoms with Crippen molar-refractivity contribution in [2.75, 3.05) is 27.2 Å². The lowest BCUT2D eigenvalue weighted by Crippen LogP contribution is -2.14. The first-order valence-electron chi connectivity index (χ1n) is 6.15. The van der Waals surface area contributed by atoms with Crippen LogP contribution in [0.3, 0.4) is 0 Å². The Morgan fingerprint density at radius 3 is 2.00 bits per heavy atom. The van der Waals surface area contributed by atoms with Gasteiger partial charge in [0.2, 0.25) is 0 Å². The van der Waals surface area contributed by atoms with E-state index in [2.05, 4.69) is 43.3 Å². The number of benzene rings is 1. The number of hydrogen-bond donors (Lipinski definition) is 1. The number of hydrogen-bond acceptors (Lipinski definition) is 2. The average Bonchev–Trinajstić information content (AvgIpc) is 2.28. The lowest BCUT2D eigenvalue weighted by Gasteiger charge is -2.09. The quantitative estimate of drug-likeness (QED) is 0.713. The summed E-state index contributed by atoms with van der Waals surface area (Å²) >= 11 is 0. The molecule has 0 unspecified atom stereocenters. The molecule has 0 aliphatic heterocycles. The molecular weight excluding hydrogens is 196 g/mol. The van der Waals surface area contributed by atoms with E-state index in [4.69, 9.17) is 5.73 Å². The van der Waals surface area contributed by atoms with Crippen LogP contribution in [0.15, 0.2) is 24.3 Å². The molecular formula is C14H24N2.